The van der Waals surface area contributed by atoms with Crippen molar-refractivity contribution in [3.63, 3.8) is 0 Å². The van der Waals surface area contributed by atoms with Gasteiger partial charge in [-0.2, -0.15) is 0 Å². The fourth-order valence-electron chi connectivity index (χ4n) is 4.19. The van der Waals surface area contributed by atoms with E-state index in [2.05, 4.69) is 5.32 Å². The highest BCUT2D eigenvalue weighted by Crippen LogP contribution is 2.25. The minimum absolute atomic E-state index is 0.135. The molecule has 3 amide bonds. The molecule has 9 heteroatoms. The summed E-state index contributed by atoms with van der Waals surface area (Å²) in [5, 5.41) is 2.58. The predicted molar refractivity (Wildman–Crippen MR) is 120 cm³/mol. The topological polar surface area (TPSA) is 105 Å². The van der Waals surface area contributed by atoms with E-state index in [1.807, 2.05) is 30.3 Å². The fraction of sp³-hybridized carbons (Fsp3) is 0.583. The van der Waals surface area contributed by atoms with Gasteiger partial charge in [0.05, 0.1) is 0 Å². The Morgan fingerprint density at radius 2 is 1.61 bits per heavy atom. The second kappa shape index (κ2) is 10.7. The van der Waals surface area contributed by atoms with Crippen molar-refractivity contribution in [2.45, 2.75) is 70.7 Å². The fourth-order valence-corrected chi connectivity index (χ4v) is 4.19. The number of ether oxygens (including phenoxy) is 2. The first-order valence-corrected chi connectivity index (χ1v) is 11.4. The number of likely N-dealkylation sites (tertiary alicyclic amines) is 2. The van der Waals surface area contributed by atoms with Crippen molar-refractivity contribution in [1.82, 2.24) is 15.1 Å². The van der Waals surface area contributed by atoms with Gasteiger partial charge in [0.15, 0.2) is 0 Å². The summed E-state index contributed by atoms with van der Waals surface area (Å²) >= 11 is 0. The van der Waals surface area contributed by atoms with Crippen LogP contribution in [0, 0.1) is 0 Å². The molecule has 2 heterocycles. The molecular formula is C24H33N3O6. The molecule has 9 nitrogen and oxygen atoms in total. The van der Waals surface area contributed by atoms with Crippen LogP contribution in [0.25, 0.3) is 0 Å². The van der Waals surface area contributed by atoms with Gasteiger partial charge in [0.25, 0.3) is 0 Å². The zero-order chi connectivity index (χ0) is 24.0. The summed E-state index contributed by atoms with van der Waals surface area (Å²) in [6.07, 6.45) is 1.89. The monoisotopic (exact) mass is 459 g/mol. The van der Waals surface area contributed by atoms with Crippen LogP contribution in [0.2, 0.25) is 0 Å². The molecule has 0 saturated carbocycles. The van der Waals surface area contributed by atoms with Crippen molar-refractivity contribution in [2.24, 2.45) is 0 Å². The number of benzene rings is 1. The van der Waals surface area contributed by atoms with Gasteiger partial charge in [0.1, 0.15) is 30.8 Å². The van der Waals surface area contributed by atoms with Gasteiger partial charge in [0, 0.05) is 13.1 Å². The summed E-state index contributed by atoms with van der Waals surface area (Å²) in [5.41, 5.74) is 0.229. The molecule has 2 fully saturated rings. The normalized spacial score (nSPS) is 20.5. The quantitative estimate of drug-likeness (QED) is 0.654. The molecule has 2 aliphatic heterocycles. The summed E-state index contributed by atoms with van der Waals surface area (Å²) in [6, 6.07) is 8.04. The highest BCUT2D eigenvalue weighted by molar-refractivity contribution is 5.93. The summed E-state index contributed by atoms with van der Waals surface area (Å²) in [6.45, 7) is 6.01. The van der Waals surface area contributed by atoms with Crippen LogP contribution in [0.15, 0.2) is 30.3 Å². The van der Waals surface area contributed by atoms with Gasteiger partial charge in [0.2, 0.25) is 11.8 Å². The largest absolute Gasteiger partial charge is 0.459 e. The van der Waals surface area contributed by atoms with Crippen molar-refractivity contribution in [3.05, 3.63) is 35.9 Å². The molecule has 2 saturated heterocycles. The second-order valence-electron chi connectivity index (χ2n) is 9.39. The number of hydrogen-bond donors (Lipinski definition) is 1. The maximum atomic E-state index is 13.3. The minimum atomic E-state index is -0.664. The average Bonchev–Trinajstić information content (AvgIpc) is 3.45. The Hall–Kier alpha value is -3.10. The van der Waals surface area contributed by atoms with Gasteiger partial charge in [-0.25, -0.2) is 4.79 Å². The predicted octanol–water partition coefficient (Wildman–Crippen LogP) is 2.24. The van der Waals surface area contributed by atoms with E-state index in [-0.39, 0.29) is 25.0 Å². The number of nitrogens with zero attached hydrogens (tertiary/aromatic N) is 2. The molecule has 2 atom stereocenters. The Balaban J connectivity index is 1.56. The minimum Gasteiger partial charge on any atom is -0.459 e. The number of nitrogens with one attached hydrogen (secondary N) is 1. The Bertz CT molecular complexity index is 867. The lowest BCUT2D eigenvalue weighted by molar-refractivity contribution is -0.154. The maximum absolute atomic E-state index is 13.3. The first-order valence-electron chi connectivity index (χ1n) is 11.4. The van der Waals surface area contributed by atoms with Crippen molar-refractivity contribution in [3.8, 4) is 0 Å². The van der Waals surface area contributed by atoms with Crippen molar-refractivity contribution in [1.29, 1.82) is 0 Å². The van der Waals surface area contributed by atoms with Crippen LogP contribution in [0.5, 0.6) is 0 Å². The number of rotatable bonds is 6. The highest BCUT2D eigenvalue weighted by Gasteiger charge is 2.42. The van der Waals surface area contributed by atoms with Crippen molar-refractivity contribution >= 4 is 23.9 Å². The Labute approximate surface area is 194 Å². The smallest absolute Gasteiger partial charge is 0.410 e. The first kappa shape index (κ1) is 24.5. The Morgan fingerprint density at radius 3 is 2.27 bits per heavy atom. The lowest BCUT2D eigenvalue weighted by atomic mass is 10.1. The number of carbonyl (C=O) groups is 4. The van der Waals surface area contributed by atoms with Gasteiger partial charge in [-0.3, -0.25) is 19.3 Å². The molecule has 0 aliphatic carbocycles. The molecule has 2 aliphatic rings. The SMILES string of the molecule is CC(C)(C)OC(=O)CNC(=O)C1CCCN1C(=O)C1CCCN1C(=O)OCc1ccccc1. The molecule has 180 valence electrons. The molecule has 0 radical (unpaired) electrons. The van der Waals surface area contributed by atoms with Crippen LogP contribution in [0.3, 0.4) is 0 Å². The molecular weight excluding hydrogens is 426 g/mol. The van der Waals surface area contributed by atoms with Crippen LogP contribution in [-0.4, -0.2) is 71.0 Å². The Morgan fingerprint density at radius 1 is 0.970 bits per heavy atom. The zero-order valence-electron chi connectivity index (χ0n) is 19.5. The van der Waals surface area contributed by atoms with Crippen LogP contribution < -0.4 is 5.32 Å². The van der Waals surface area contributed by atoms with E-state index in [0.717, 1.165) is 5.56 Å². The van der Waals surface area contributed by atoms with E-state index < -0.39 is 29.7 Å². The third-order valence-corrected chi connectivity index (χ3v) is 5.64. The third-order valence-electron chi connectivity index (χ3n) is 5.64. The molecule has 1 aromatic carbocycles. The molecule has 0 aromatic heterocycles. The van der Waals surface area contributed by atoms with E-state index in [1.54, 1.807) is 20.8 Å². The van der Waals surface area contributed by atoms with Gasteiger partial charge in [-0.1, -0.05) is 30.3 Å². The van der Waals surface area contributed by atoms with Crippen molar-refractivity contribution in [2.75, 3.05) is 19.6 Å². The number of esters is 1. The van der Waals surface area contributed by atoms with Crippen LogP contribution >= 0.6 is 0 Å². The van der Waals surface area contributed by atoms with E-state index in [9.17, 15) is 19.2 Å². The van der Waals surface area contributed by atoms with Gasteiger partial charge >= 0.3 is 12.1 Å². The van der Waals surface area contributed by atoms with E-state index in [1.165, 1.54) is 9.80 Å². The molecule has 2 unspecified atom stereocenters. The molecule has 33 heavy (non-hydrogen) atoms. The lowest BCUT2D eigenvalue weighted by Gasteiger charge is -2.30. The summed E-state index contributed by atoms with van der Waals surface area (Å²) in [4.78, 5) is 53.5. The van der Waals surface area contributed by atoms with E-state index in [4.69, 9.17) is 9.47 Å². The molecule has 0 spiro atoms. The molecule has 1 N–H and O–H groups in total. The van der Waals surface area contributed by atoms with E-state index >= 15 is 0 Å². The first-order chi connectivity index (χ1) is 15.7. The summed E-state index contributed by atoms with van der Waals surface area (Å²) in [5.74, 6) is -1.17. The maximum Gasteiger partial charge on any atom is 0.410 e. The number of carbonyl (C=O) groups excluding carboxylic acids is 4. The second-order valence-corrected chi connectivity index (χ2v) is 9.39. The summed E-state index contributed by atoms with van der Waals surface area (Å²) in [7, 11) is 0. The van der Waals surface area contributed by atoms with Gasteiger partial charge in [-0.15, -0.1) is 0 Å². The summed E-state index contributed by atoms with van der Waals surface area (Å²) < 4.78 is 10.6. The van der Waals surface area contributed by atoms with Crippen molar-refractivity contribution < 1.29 is 28.7 Å². The van der Waals surface area contributed by atoms with Crippen LogP contribution in [0.4, 0.5) is 4.79 Å². The number of amides is 3. The highest BCUT2D eigenvalue weighted by atomic mass is 16.6. The van der Waals surface area contributed by atoms with Crippen LogP contribution in [0.1, 0.15) is 52.0 Å². The lowest BCUT2D eigenvalue weighted by Crippen LogP contribution is -2.53. The molecule has 1 aromatic rings. The third kappa shape index (κ3) is 6.69. The standard InChI is InChI=1S/C24H33N3O6/c1-24(2,3)33-20(28)15-25-21(29)18-11-7-13-26(18)22(30)19-12-8-14-27(19)23(31)32-16-17-9-5-4-6-10-17/h4-6,9-10,18-19H,7-8,11-16H2,1-3H3,(H,25,29). The molecule has 0 bridgehead atoms. The van der Waals surface area contributed by atoms with E-state index in [0.29, 0.717) is 38.8 Å². The average molecular weight is 460 g/mol. The van der Waals surface area contributed by atoms with Crippen LogP contribution in [-0.2, 0) is 30.5 Å². The van der Waals surface area contributed by atoms with Gasteiger partial charge in [-0.05, 0) is 52.0 Å². The zero-order valence-corrected chi connectivity index (χ0v) is 19.5. The molecule has 3 rings (SSSR count). The van der Waals surface area contributed by atoms with Gasteiger partial charge < -0.3 is 19.7 Å². The Kier molecular flexibility index (Phi) is 7.94. The number of hydrogen-bond acceptors (Lipinski definition) is 6.